The molecule has 0 radical (unpaired) electrons. The van der Waals surface area contributed by atoms with Crippen molar-refractivity contribution in [1.82, 2.24) is 9.55 Å². The smallest absolute Gasteiger partial charge is 0.138 e. The normalized spacial score (nSPS) is 20.7. The van der Waals surface area contributed by atoms with Gasteiger partial charge in [0.05, 0.1) is 20.0 Å². The van der Waals surface area contributed by atoms with Gasteiger partial charge in [0.1, 0.15) is 11.6 Å². The Kier molecular flexibility index (Phi) is 4.48. The van der Waals surface area contributed by atoms with Gasteiger partial charge in [-0.05, 0) is 59.4 Å². The summed E-state index contributed by atoms with van der Waals surface area (Å²) < 4.78 is 16.6. The van der Waals surface area contributed by atoms with E-state index in [0.29, 0.717) is 9.49 Å². The zero-order valence-corrected chi connectivity index (χ0v) is 14.8. The molecule has 0 spiro atoms. The van der Waals surface area contributed by atoms with E-state index in [1.807, 2.05) is 41.3 Å². The lowest BCUT2D eigenvalue weighted by Gasteiger charge is -2.14. The highest BCUT2D eigenvalue weighted by Gasteiger charge is 2.22. The molecule has 1 saturated heterocycles. The van der Waals surface area contributed by atoms with Crippen LogP contribution in [0.4, 0.5) is 4.39 Å². The molecule has 20 heavy (non-hydrogen) atoms. The van der Waals surface area contributed by atoms with Crippen molar-refractivity contribution in [2.45, 2.75) is 25.3 Å². The van der Waals surface area contributed by atoms with Crippen molar-refractivity contribution in [3.8, 4) is 0 Å². The van der Waals surface area contributed by atoms with Gasteiger partial charge in [0.2, 0.25) is 0 Å². The molecule has 2 atom stereocenters. The standard InChI is InChI=1S/C14H15ClFIN2S/c1-8(15)14-18-12-5-11(17)10(16)4-13(12)19(14)6-9-2-3-20-7-9/h4-5,8-9H,2-3,6-7H2,1H3. The summed E-state index contributed by atoms with van der Waals surface area (Å²) in [6.45, 7) is 2.81. The van der Waals surface area contributed by atoms with Crippen molar-refractivity contribution in [1.29, 1.82) is 0 Å². The van der Waals surface area contributed by atoms with Gasteiger partial charge in [0.25, 0.3) is 0 Å². The van der Waals surface area contributed by atoms with Crippen LogP contribution in [0.15, 0.2) is 12.1 Å². The fourth-order valence-electron chi connectivity index (χ4n) is 2.62. The van der Waals surface area contributed by atoms with Crippen molar-refractivity contribution < 1.29 is 4.39 Å². The number of imidazole rings is 1. The van der Waals surface area contributed by atoms with Gasteiger partial charge in [0, 0.05) is 12.6 Å². The highest BCUT2D eigenvalue weighted by molar-refractivity contribution is 14.1. The quantitative estimate of drug-likeness (QED) is 0.519. The monoisotopic (exact) mass is 424 g/mol. The van der Waals surface area contributed by atoms with Gasteiger partial charge in [-0.2, -0.15) is 11.8 Å². The molecule has 1 fully saturated rings. The zero-order chi connectivity index (χ0) is 14.3. The van der Waals surface area contributed by atoms with E-state index in [1.54, 1.807) is 12.1 Å². The molecule has 2 unspecified atom stereocenters. The Hall–Kier alpha value is -0.0100. The summed E-state index contributed by atoms with van der Waals surface area (Å²) in [5.41, 5.74) is 1.70. The van der Waals surface area contributed by atoms with E-state index in [-0.39, 0.29) is 11.2 Å². The molecule has 6 heteroatoms. The van der Waals surface area contributed by atoms with E-state index < -0.39 is 0 Å². The van der Waals surface area contributed by atoms with Crippen LogP contribution in [0.3, 0.4) is 0 Å². The van der Waals surface area contributed by atoms with Crippen LogP contribution in [0.1, 0.15) is 24.5 Å². The largest absolute Gasteiger partial charge is 0.326 e. The Morgan fingerprint density at radius 2 is 2.40 bits per heavy atom. The van der Waals surface area contributed by atoms with Gasteiger partial charge >= 0.3 is 0 Å². The second-order valence-corrected chi connectivity index (χ2v) is 8.15. The van der Waals surface area contributed by atoms with Crippen LogP contribution < -0.4 is 0 Å². The van der Waals surface area contributed by atoms with Gasteiger partial charge in [-0.1, -0.05) is 0 Å². The first-order valence-electron chi connectivity index (χ1n) is 6.63. The minimum atomic E-state index is -0.186. The van der Waals surface area contributed by atoms with Crippen molar-refractivity contribution in [3.05, 3.63) is 27.3 Å². The molecular weight excluding hydrogens is 410 g/mol. The number of alkyl halides is 1. The first-order chi connectivity index (χ1) is 9.56. The SMILES string of the molecule is CC(Cl)c1nc2cc(I)c(F)cc2n1CC1CCSC1. The Bertz CT molecular complexity index is 638. The first-order valence-corrected chi connectivity index (χ1v) is 9.30. The molecule has 3 rings (SSSR count). The lowest BCUT2D eigenvalue weighted by atomic mass is 10.1. The summed E-state index contributed by atoms with van der Waals surface area (Å²) in [5.74, 6) is 3.68. The van der Waals surface area contributed by atoms with Crippen LogP contribution in [-0.2, 0) is 6.54 Å². The maximum Gasteiger partial charge on any atom is 0.138 e. The van der Waals surface area contributed by atoms with Gasteiger partial charge in [0.15, 0.2) is 0 Å². The summed E-state index contributed by atoms with van der Waals surface area (Å²) >= 11 is 10.2. The average molecular weight is 425 g/mol. The number of rotatable bonds is 3. The third-order valence-electron chi connectivity index (χ3n) is 3.64. The van der Waals surface area contributed by atoms with Gasteiger partial charge in [-0.3, -0.25) is 0 Å². The third kappa shape index (κ3) is 2.81. The van der Waals surface area contributed by atoms with Crippen molar-refractivity contribution in [2.24, 2.45) is 5.92 Å². The number of halogens is 3. The third-order valence-corrected chi connectivity index (χ3v) is 5.89. The van der Waals surface area contributed by atoms with Crippen molar-refractivity contribution in [2.75, 3.05) is 11.5 Å². The molecule has 1 aromatic heterocycles. The topological polar surface area (TPSA) is 17.8 Å². The molecule has 0 bridgehead atoms. The number of hydrogen-bond acceptors (Lipinski definition) is 2. The van der Waals surface area contributed by atoms with Crippen LogP contribution in [0.2, 0.25) is 0 Å². The van der Waals surface area contributed by atoms with Crippen LogP contribution in [0, 0.1) is 15.3 Å². The highest BCUT2D eigenvalue weighted by Crippen LogP contribution is 2.31. The molecule has 0 N–H and O–H groups in total. The van der Waals surface area contributed by atoms with E-state index >= 15 is 0 Å². The molecular formula is C14H15ClFIN2S. The lowest BCUT2D eigenvalue weighted by molar-refractivity contribution is 0.488. The molecule has 0 saturated carbocycles. The van der Waals surface area contributed by atoms with E-state index in [1.165, 1.54) is 17.9 Å². The minimum Gasteiger partial charge on any atom is -0.326 e. The fourth-order valence-corrected chi connectivity index (χ4v) is 4.51. The summed E-state index contributed by atoms with van der Waals surface area (Å²) in [7, 11) is 0. The Labute approximate surface area is 140 Å². The zero-order valence-electron chi connectivity index (χ0n) is 11.1. The van der Waals surface area contributed by atoms with E-state index in [4.69, 9.17) is 11.6 Å². The molecule has 2 heterocycles. The van der Waals surface area contributed by atoms with Crippen LogP contribution in [-0.4, -0.2) is 21.1 Å². The van der Waals surface area contributed by atoms with Crippen LogP contribution >= 0.6 is 46.0 Å². The summed E-state index contributed by atoms with van der Waals surface area (Å²) in [6.07, 6.45) is 1.22. The Morgan fingerprint density at radius 3 is 3.05 bits per heavy atom. The van der Waals surface area contributed by atoms with Crippen LogP contribution in [0.5, 0.6) is 0 Å². The van der Waals surface area contributed by atoms with E-state index in [2.05, 4.69) is 9.55 Å². The predicted molar refractivity (Wildman–Crippen MR) is 92.1 cm³/mol. The number of thioether (sulfide) groups is 1. The van der Waals surface area contributed by atoms with E-state index in [9.17, 15) is 4.39 Å². The molecule has 1 aromatic carbocycles. The Balaban J connectivity index is 2.10. The summed E-state index contributed by atoms with van der Waals surface area (Å²) in [6, 6.07) is 3.39. The number of nitrogens with zero attached hydrogens (tertiary/aromatic N) is 2. The summed E-state index contributed by atoms with van der Waals surface area (Å²) in [5, 5.41) is -0.169. The molecule has 2 aromatic rings. The maximum atomic E-state index is 13.9. The number of fused-ring (bicyclic) bond motifs is 1. The van der Waals surface area contributed by atoms with Gasteiger partial charge in [-0.25, -0.2) is 9.37 Å². The van der Waals surface area contributed by atoms with Gasteiger partial charge in [-0.15, -0.1) is 11.6 Å². The average Bonchev–Trinajstić information content (AvgIpc) is 3.00. The van der Waals surface area contributed by atoms with Crippen molar-refractivity contribution >= 4 is 57.0 Å². The molecule has 0 amide bonds. The minimum absolute atomic E-state index is 0.169. The van der Waals surface area contributed by atoms with E-state index in [0.717, 1.165) is 23.4 Å². The molecule has 2 nitrogen and oxygen atoms in total. The van der Waals surface area contributed by atoms with Crippen molar-refractivity contribution in [3.63, 3.8) is 0 Å². The highest BCUT2D eigenvalue weighted by atomic mass is 127. The maximum absolute atomic E-state index is 13.9. The predicted octanol–water partition coefficient (Wildman–Crippen LogP) is 4.83. The molecule has 108 valence electrons. The second kappa shape index (κ2) is 6.01. The first kappa shape index (κ1) is 14.9. The number of hydrogen-bond donors (Lipinski definition) is 0. The molecule has 0 aliphatic carbocycles. The number of aromatic nitrogens is 2. The summed E-state index contributed by atoms with van der Waals surface area (Å²) in [4.78, 5) is 4.61. The Morgan fingerprint density at radius 1 is 1.60 bits per heavy atom. The molecule has 1 aliphatic rings. The fraction of sp³-hybridized carbons (Fsp3) is 0.500. The van der Waals surface area contributed by atoms with Gasteiger partial charge < -0.3 is 4.57 Å². The lowest BCUT2D eigenvalue weighted by Crippen LogP contribution is -2.13. The molecule has 1 aliphatic heterocycles. The second-order valence-electron chi connectivity index (χ2n) is 5.18. The van der Waals surface area contributed by atoms with Crippen LogP contribution in [0.25, 0.3) is 11.0 Å². The number of benzene rings is 1.